The van der Waals surface area contributed by atoms with Crippen molar-refractivity contribution in [1.82, 2.24) is 19.7 Å². The summed E-state index contributed by atoms with van der Waals surface area (Å²) in [5.74, 6) is 0. The molecule has 3 aromatic rings. The quantitative estimate of drug-likeness (QED) is 0.790. The Morgan fingerprint density at radius 1 is 1.33 bits per heavy atom. The van der Waals surface area contributed by atoms with E-state index >= 15 is 0 Å². The van der Waals surface area contributed by atoms with Crippen molar-refractivity contribution in [1.29, 1.82) is 5.26 Å². The van der Waals surface area contributed by atoms with Gasteiger partial charge in [-0.2, -0.15) is 5.26 Å². The minimum absolute atomic E-state index is 0.318. The fourth-order valence-corrected chi connectivity index (χ4v) is 2.20. The molecule has 104 valence electrons. The van der Waals surface area contributed by atoms with Gasteiger partial charge in [0.05, 0.1) is 17.5 Å². The van der Waals surface area contributed by atoms with Gasteiger partial charge in [0.1, 0.15) is 6.07 Å². The van der Waals surface area contributed by atoms with Gasteiger partial charge < -0.3 is 9.88 Å². The van der Waals surface area contributed by atoms with Gasteiger partial charge in [0.2, 0.25) is 0 Å². The van der Waals surface area contributed by atoms with Crippen molar-refractivity contribution in [3.05, 3.63) is 48.2 Å². The highest BCUT2D eigenvalue weighted by atomic mass is 15.1. The van der Waals surface area contributed by atoms with E-state index in [-0.39, 0.29) is 0 Å². The Balaban J connectivity index is 1.91. The second-order valence-corrected chi connectivity index (χ2v) is 4.78. The molecule has 2 aromatic heterocycles. The number of anilines is 1. The number of hydrogen-bond acceptors (Lipinski definition) is 5. The van der Waals surface area contributed by atoms with E-state index < -0.39 is 0 Å². The van der Waals surface area contributed by atoms with Gasteiger partial charge in [-0.15, -0.1) is 10.2 Å². The summed E-state index contributed by atoms with van der Waals surface area (Å²) in [6.07, 6.45) is 5.41. The Morgan fingerprint density at radius 3 is 3.00 bits per heavy atom. The summed E-state index contributed by atoms with van der Waals surface area (Å²) in [5, 5.41) is 21.5. The smallest absolute Gasteiger partial charge is 0.186 e. The van der Waals surface area contributed by atoms with Gasteiger partial charge >= 0.3 is 0 Å². The first-order valence-corrected chi connectivity index (χ1v) is 6.64. The third-order valence-corrected chi connectivity index (χ3v) is 3.25. The molecule has 0 aliphatic rings. The molecule has 0 spiro atoms. The van der Waals surface area contributed by atoms with E-state index in [9.17, 15) is 5.26 Å². The molecule has 1 N–H and O–H groups in total. The molecule has 0 saturated heterocycles. The molecule has 2 heterocycles. The van der Waals surface area contributed by atoms with Crippen molar-refractivity contribution in [2.75, 3.05) is 11.9 Å². The van der Waals surface area contributed by atoms with Crippen LogP contribution in [0, 0.1) is 18.3 Å². The Bertz CT molecular complexity index is 801. The molecule has 0 aliphatic heterocycles. The summed E-state index contributed by atoms with van der Waals surface area (Å²) >= 11 is 0. The first kappa shape index (κ1) is 13.1. The molecule has 0 saturated carbocycles. The van der Waals surface area contributed by atoms with E-state index in [1.807, 2.05) is 35.9 Å². The summed E-state index contributed by atoms with van der Waals surface area (Å²) in [4.78, 5) is 4.00. The molecule has 0 unspecified atom stereocenters. The molecule has 21 heavy (non-hydrogen) atoms. The predicted molar refractivity (Wildman–Crippen MR) is 79.7 cm³/mol. The zero-order valence-electron chi connectivity index (χ0n) is 11.6. The average Bonchev–Trinajstić information content (AvgIpc) is 3.00. The van der Waals surface area contributed by atoms with E-state index in [1.54, 1.807) is 12.5 Å². The van der Waals surface area contributed by atoms with Gasteiger partial charge in [-0.05, 0) is 19.1 Å². The lowest BCUT2D eigenvalue weighted by molar-refractivity contribution is 0.726. The largest absolute Gasteiger partial charge is 0.380 e. The van der Waals surface area contributed by atoms with Crippen LogP contribution in [-0.2, 0) is 6.54 Å². The summed E-state index contributed by atoms with van der Waals surface area (Å²) in [6.45, 7) is 3.46. The zero-order valence-corrected chi connectivity index (χ0v) is 11.6. The minimum atomic E-state index is 0.318. The molecule has 0 radical (unpaired) electrons. The van der Waals surface area contributed by atoms with Crippen molar-refractivity contribution in [3.8, 4) is 6.07 Å². The number of fused-ring (bicyclic) bond motifs is 1. The Labute approximate surface area is 122 Å². The molecule has 0 amide bonds. The van der Waals surface area contributed by atoms with Crippen LogP contribution in [-0.4, -0.2) is 26.3 Å². The maximum absolute atomic E-state index is 9.22. The summed E-state index contributed by atoms with van der Waals surface area (Å²) in [5.41, 5.74) is 2.96. The number of imidazole rings is 1. The van der Waals surface area contributed by atoms with Crippen LogP contribution in [0.5, 0.6) is 0 Å². The third-order valence-electron chi connectivity index (χ3n) is 3.25. The maximum Gasteiger partial charge on any atom is 0.186 e. The third kappa shape index (κ3) is 2.67. The van der Waals surface area contributed by atoms with Gasteiger partial charge in [0.15, 0.2) is 5.69 Å². The first-order chi connectivity index (χ1) is 10.3. The first-order valence-electron chi connectivity index (χ1n) is 6.64. The van der Waals surface area contributed by atoms with E-state index in [4.69, 9.17) is 0 Å². The standard InChI is InChI=1S/C15H14N6/c1-11-2-3-13-12(8-11)15(14(9-16)20-19-13)18-5-7-21-6-4-17-10-21/h2-4,6,8,10H,5,7H2,1H3,(H,18,19). The molecule has 0 atom stereocenters. The number of nitriles is 1. The lowest BCUT2D eigenvalue weighted by Crippen LogP contribution is -2.11. The van der Waals surface area contributed by atoms with E-state index in [1.165, 1.54) is 0 Å². The number of nitrogens with zero attached hydrogens (tertiary/aromatic N) is 5. The van der Waals surface area contributed by atoms with Crippen LogP contribution < -0.4 is 5.32 Å². The van der Waals surface area contributed by atoms with Crippen LogP contribution in [0.25, 0.3) is 10.9 Å². The highest BCUT2D eigenvalue weighted by Gasteiger charge is 2.10. The lowest BCUT2D eigenvalue weighted by atomic mass is 10.1. The van der Waals surface area contributed by atoms with E-state index in [0.29, 0.717) is 12.2 Å². The fourth-order valence-electron chi connectivity index (χ4n) is 2.20. The molecule has 6 nitrogen and oxygen atoms in total. The maximum atomic E-state index is 9.22. The fraction of sp³-hybridized carbons (Fsp3) is 0.200. The summed E-state index contributed by atoms with van der Waals surface area (Å²) < 4.78 is 1.97. The highest BCUT2D eigenvalue weighted by molar-refractivity contribution is 5.93. The molecule has 6 heteroatoms. The van der Waals surface area contributed by atoms with Gasteiger partial charge in [-0.3, -0.25) is 0 Å². The van der Waals surface area contributed by atoms with Crippen molar-refractivity contribution in [2.24, 2.45) is 0 Å². The number of hydrogen-bond donors (Lipinski definition) is 1. The number of aromatic nitrogens is 4. The van der Waals surface area contributed by atoms with Gasteiger partial charge in [0, 0.05) is 30.9 Å². The Hall–Kier alpha value is -2.94. The Morgan fingerprint density at radius 2 is 2.24 bits per heavy atom. The molecule has 0 fully saturated rings. The monoisotopic (exact) mass is 278 g/mol. The topological polar surface area (TPSA) is 79.4 Å². The van der Waals surface area contributed by atoms with Gasteiger partial charge in [-0.25, -0.2) is 4.98 Å². The van der Waals surface area contributed by atoms with Crippen LogP contribution in [0.3, 0.4) is 0 Å². The van der Waals surface area contributed by atoms with E-state index in [0.717, 1.165) is 28.7 Å². The second kappa shape index (κ2) is 5.59. The number of rotatable bonds is 4. The lowest BCUT2D eigenvalue weighted by Gasteiger charge is -2.11. The van der Waals surface area contributed by atoms with Crippen molar-refractivity contribution in [3.63, 3.8) is 0 Å². The predicted octanol–water partition coefficient (Wildman–Crippen LogP) is 2.12. The summed E-state index contributed by atoms with van der Waals surface area (Å²) in [6, 6.07) is 8.01. The molecule has 3 rings (SSSR count). The van der Waals surface area contributed by atoms with Crippen LogP contribution >= 0.6 is 0 Å². The Kier molecular flexibility index (Phi) is 3.48. The highest BCUT2D eigenvalue weighted by Crippen LogP contribution is 2.24. The normalized spacial score (nSPS) is 10.5. The molecule has 1 aromatic carbocycles. The van der Waals surface area contributed by atoms with Crippen LogP contribution in [0.4, 0.5) is 5.69 Å². The van der Waals surface area contributed by atoms with Crippen molar-refractivity contribution in [2.45, 2.75) is 13.5 Å². The van der Waals surface area contributed by atoms with E-state index in [2.05, 4.69) is 26.6 Å². The van der Waals surface area contributed by atoms with Crippen molar-refractivity contribution < 1.29 is 0 Å². The number of nitrogens with one attached hydrogen (secondary N) is 1. The number of aryl methyl sites for hydroxylation is 1. The van der Waals surface area contributed by atoms with Gasteiger partial charge in [0.25, 0.3) is 0 Å². The minimum Gasteiger partial charge on any atom is -0.380 e. The van der Waals surface area contributed by atoms with Crippen molar-refractivity contribution >= 4 is 16.6 Å². The average molecular weight is 278 g/mol. The van der Waals surface area contributed by atoms with Crippen LogP contribution in [0.15, 0.2) is 36.9 Å². The molecule has 0 bridgehead atoms. The van der Waals surface area contributed by atoms with Crippen LogP contribution in [0.2, 0.25) is 0 Å². The second-order valence-electron chi connectivity index (χ2n) is 4.78. The molecule has 0 aliphatic carbocycles. The number of benzene rings is 1. The van der Waals surface area contributed by atoms with Crippen LogP contribution in [0.1, 0.15) is 11.3 Å². The van der Waals surface area contributed by atoms with Gasteiger partial charge in [-0.1, -0.05) is 11.6 Å². The molecular formula is C15H14N6. The zero-order chi connectivity index (χ0) is 14.7. The molecular weight excluding hydrogens is 264 g/mol. The summed E-state index contributed by atoms with van der Waals surface area (Å²) in [7, 11) is 0. The SMILES string of the molecule is Cc1ccc2nnc(C#N)c(NCCn3ccnc3)c2c1.